The van der Waals surface area contributed by atoms with Crippen molar-refractivity contribution in [1.82, 2.24) is 0 Å². The standard InChI is InChI=1S/C17H12Cl2O4/c1-11-5-2-3-7-13(11)22-15(20)9-10-16(21)23-14-8-4-6-12(18)17(14)19/h2-10H,1H3/b10-9+. The minimum absolute atomic E-state index is 0.112. The molecule has 0 aliphatic rings. The molecule has 2 aromatic rings. The van der Waals surface area contributed by atoms with E-state index in [0.29, 0.717) is 5.75 Å². The summed E-state index contributed by atoms with van der Waals surface area (Å²) < 4.78 is 10.1. The average Bonchev–Trinajstić information content (AvgIpc) is 2.52. The molecule has 0 radical (unpaired) electrons. The van der Waals surface area contributed by atoms with Crippen LogP contribution in [0.25, 0.3) is 0 Å². The summed E-state index contributed by atoms with van der Waals surface area (Å²) >= 11 is 11.7. The van der Waals surface area contributed by atoms with Crippen LogP contribution in [-0.2, 0) is 9.59 Å². The number of rotatable bonds is 4. The first-order valence-corrected chi connectivity index (χ1v) is 7.34. The fourth-order valence-corrected chi connectivity index (χ4v) is 1.99. The van der Waals surface area contributed by atoms with E-state index in [9.17, 15) is 9.59 Å². The van der Waals surface area contributed by atoms with Gasteiger partial charge >= 0.3 is 11.9 Å². The van der Waals surface area contributed by atoms with Crippen molar-refractivity contribution in [1.29, 1.82) is 0 Å². The molecule has 0 bridgehead atoms. The zero-order chi connectivity index (χ0) is 16.8. The number of carbonyl (C=O) groups excluding carboxylic acids is 2. The van der Waals surface area contributed by atoms with Crippen LogP contribution in [0.5, 0.6) is 11.5 Å². The number of halogens is 2. The van der Waals surface area contributed by atoms with E-state index in [0.717, 1.165) is 17.7 Å². The average molecular weight is 351 g/mol. The van der Waals surface area contributed by atoms with Crippen molar-refractivity contribution in [2.24, 2.45) is 0 Å². The van der Waals surface area contributed by atoms with Crippen LogP contribution in [0.1, 0.15) is 5.56 Å². The molecule has 4 nitrogen and oxygen atoms in total. The van der Waals surface area contributed by atoms with Gasteiger partial charge < -0.3 is 9.47 Å². The molecule has 0 saturated heterocycles. The maximum Gasteiger partial charge on any atom is 0.336 e. The minimum atomic E-state index is -0.768. The molecule has 0 fully saturated rings. The summed E-state index contributed by atoms with van der Waals surface area (Å²) in [5, 5.41) is 0.387. The summed E-state index contributed by atoms with van der Waals surface area (Å²) in [5.74, 6) is -0.918. The lowest BCUT2D eigenvalue weighted by molar-refractivity contribution is -0.131. The van der Waals surface area contributed by atoms with Crippen molar-refractivity contribution < 1.29 is 19.1 Å². The van der Waals surface area contributed by atoms with Crippen LogP contribution in [0.15, 0.2) is 54.6 Å². The summed E-state index contributed by atoms with van der Waals surface area (Å²) in [7, 11) is 0. The van der Waals surface area contributed by atoms with Gasteiger partial charge in [0.15, 0.2) is 5.75 Å². The summed E-state index contributed by atoms with van der Waals surface area (Å²) in [4.78, 5) is 23.4. The Labute approximate surface area is 143 Å². The molecule has 0 N–H and O–H groups in total. The van der Waals surface area contributed by atoms with Crippen LogP contribution in [0.4, 0.5) is 0 Å². The van der Waals surface area contributed by atoms with Gasteiger partial charge in [-0.25, -0.2) is 9.59 Å². The molecule has 0 unspecified atom stereocenters. The van der Waals surface area contributed by atoms with Crippen LogP contribution in [0, 0.1) is 6.92 Å². The highest BCUT2D eigenvalue weighted by molar-refractivity contribution is 6.43. The molecule has 6 heteroatoms. The molecule has 0 saturated carbocycles. The highest BCUT2D eigenvalue weighted by atomic mass is 35.5. The van der Waals surface area contributed by atoms with Crippen molar-refractivity contribution in [3.05, 3.63) is 70.2 Å². The van der Waals surface area contributed by atoms with E-state index in [-0.39, 0.29) is 15.8 Å². The predicted octanol–water partition coefficient (Wildman–Crippen LogP) is 4.37. The van der Waals surface area contributed by atoms with Gasteiger partial charge in [-0.1, -0.05) is 47.5 Å². The number of benzene rings is 2. The normalized spacial score (nSPS) is 10.6. The molecule has 0 heterocycles. The van der Waals surface area contributed by atoms with Crippen LogP contribution in [0.3, 0.4) is 0 Å². The molecule has 23 heavy (non-hydrogen) atoms. The number of para-hydroxylation sites is 1. The summed E-state index contributed by atoms with van der Waals surface area (Å²) in [5.41, 5.74) is 0.808. The third kappa shape index (κ3) is 4.84. The predicted molar refractivity (Wildman–Crippen MR) is 88.1 cm³/mol. The Hall–Kier alpha value is -2.30. The van der Waals surface area contributed by atoms with Crippen LogP contribution in [0.2, 0.25) is 10.0 Å². The first kappa shape index (κ1) is 17.1. The second-order valence-electron chi connectivity index (χ2n) is 4.49. The van der Waals surface area contributed by atoms with E-state index >= 15 is 0 Å². The van der Waals surface area contributed by atoms with Gasteiger partial charge in [0, 0.05) is 12.2 Å². The fourth-order valence-electron chi connectivity index (χ4n) is 1.65. The van der Waals surface area contributed by atoms with Crippen molar-refractivity contribution in [2.75, 3.05) is 0 Å². The quantitative estimate of drug-likeness (QED) is 0.466. The highest BCUT2D eigenvalue weighted by Crippen LogP contribution is 2.31. The number of hydrogen-bond acceptors (Lipinski definition) is 4. The Balaban J connectivity index is 1.97. The van der Waals surface area contributed by atoms with Crippen LogP contribution < -0.4 is 9.47 Å². The van der Waals surface area contributed by atoms with Gasteiger partial charge in [-0.2, -0.15) is 0 Å². The zero-order valence-electron chi connectivity index (χ0n) is 12.1. The molecule has 0 atom stereocenters. The van der Waals surface area contributed by atoms with E-state index in [1.54, 1.807) is 24.3 Å². The molecule has 0 aromatic heterocycles. The number of ether oxygens (including phenoxy) is 2. The highest BCUT2D eigenvalue weighted by Gasteiger charge is 2.09. The first-order chi connectivity index (χ1) is 11.0. The maximum absolute atomic E-state index is 11.7. The molecule has 0 amide bonds. The van der Waals surface area contributed by atoms with Gasteiger partial charge in [0.05, 0.1) is 5.02 Å². The minimum Gasteiger partial charge on any atom is -0.423 e. The lowest BCUT2D eigenvalue weighted by atomic mass is 10.2. The van der Waals surface area contributed by atoms with Gasteiger partial charge in [0.2, 0.25) is 0 Å². The lowest BCUT2D eigenvalue weighted by Crippen LogP contribution is -2.09. The topological polar surface area (TPSA) is 52.6 Å². The van der Waals surface area contributed by atoms with Crippen LogP contribution in [-0.4, -0.2) is 11.9 Å². The van der Waals surface area contributed by atoms with Crippen molar-refractivity contribution in [2.45, 2.75) is 6.92 Å². The molecule has 118 valence electrons. The van der Waals surface area contributed by atoms with Gasteiger partial charge in [0.1, 0.15) is 10.8 Å². The third-order valence-electron chi connectivity index (χ3n) is 2.79. The Morgan fingerprint density at radius 2 is 1.43 bits per heavy atom. The Morgan fingerprint density at radius 3 is 2.09 bits per heavy atom. The van der Waals surface area contributed by atoms with Crippen LogP contribution >= 0.6 is 23.2 Å². The van der Waals surface area contributed by atoms with Gasteiger partial charge in [-0.3, -0.25) is 0 Å². The molecule has 2 aromatic carbocycles. The van der Waals surface area contributed by atoms with Crippen molar-refractivity contribution >= 4 is 35.1 Å². The van der Waals surface area contributed by atoms with Gasteiger partial charge in [0.25, 0.3) is 0 Å². The van der Waals surface area contributed by atoms with E-state index in [4.69, 9.17) is 32.7 Å². The largest absolute Gasteiger partial charge is 0.423 e. The number of carbonyl (C=O) groups is 2. The fraction of sp³-hybridized carbons (Fsp3) is 0.0588. The number of hydrogen-bond donors (Lipinski definition) is 0. The summed E-state index contributed by atoms with van der Waals surface area (Å²) in [6.45, 7) is 1.81. The Bertz CT molecular complexity index is 769. The van der Waals surface area contributed by atoms with Gasteiger partial charge in [-0.05, 0) is 30.7 Å². The van der Waals surface area contributed by atoms with Crippen molar-refractivity contribution in [3.8, 4) is 11.5 Å². The summed E-state index contributed by atoms with van der Waals surface area (Å²) in [6, 6.07) is 11.7. The lowest BCUT2D eigenvalue weighted by Gasteiger charge is -2.05. The van der Waals surface area contributed by atoms with E-state index in [2.05, 4.69) is 0 Å². The van der Waals surface area contributed by atoms with Gasteiger partial charge in [-0.15, -0.1) is 0 Å². The number of esters is 2. The first-order valence-electron chi connectivity index (χ1n) is 6.58. The second-order valence-corrected chi connectivity index (χ2v) is 5.28. The molecular formula is C17H12Cl2O4. The maximum atomic E-state index is 11.7. The monoisotopic (exact) mass is 350 g/mol. The third-order valence-corrected chi connectivity index (χ3v) is 3.59. The van der Waals surface area contributed by atoms with E-state index in [1.165, 1.54) is 6.07 Å². The van der Waals surface area contributed by atoms with E-state index < -0.39 is 11.9 Å². The molecule has 2 rings (SSSR count). The SMILES string of the molecule is Cc1ccccc1OC(=O)/C=C/C(=O)Oc1cccc(Cl)c1Cl. The molecule has 0 aliphatic carbocycles. The second kappa shape index (κ2) is 7.81. The smallest absolute Gasteiger partial charge is 0.336 e. The molecule has 0 spiro atoms. The Kier molecular flexibility index (Phi) is 5.79. The molecule has 0 aliphatic heterocycles. The summed E-state index contributed by atoms with van der Waals surface area (Å²) in [6.07, 6.45) is 1.94. The molecular weight excluding hydrogens is 339 g/mol. The number of aryl methyl sites for hydroxylation is 1. The Morgan fingerprint density at radius 1 is 0.870 bits per heavy atom. The van der Waals surface area contributed by atoms with E-state index in [1.807, 2.05) is 19.1 Å². The zero-order valence-corrected chi connectivity index (χ0v) is 13.6. The van der Waals surface area contributed by atoms with Crippen molar-refractivity contribution in [3.63, 3.8) is 0 Å².